The van der Waals surface area contributed by atoms with Crippen molar-refractivity contribution in [3.63, 3.8) is 0 Å². The van der Waals surface area contributed by atoms with Gasteiger partial charge in [0.1, 0.15) is 0 Å². The van der Waals surface area contributed by atoms with Crippen LogP contribution in [0.5, 0.6) is 0 Å². The van der Waals surface area contributed by atoms with Crippen molar-refractivity contribution in [1.29, 1.82) is 10.8 Å². The topological polar surface area (TPSA) is 152 Å². The van der Waals surface area contributed by atoms with Crippen molar-refractivity contribution in [2.75, 3.05) is 0 Å². The average molecular weight is 318 g/mol. The number of rotatable bonds is 5. The van der Waals surface area contributed by atoms with Gasteiger partial charge in [-0.25, -0.2) is 0 Å². The molecule has 0 unspecified atom stereocenters. The normalized spacial score (nSPS) is 13.3. The van der Waals surface area contributed by atoms with Crippen LogP contribution in [0.25, 0.3) is 0 Å². The second-order valence-corrected chi connectivity index (χ2v) is 3.12. The molecule has 0 saturated heterocycles. The van der Waals surface area contributed by atoms with Gasteiger partial charge in [-0.15, -0.1) is 0 Å². The first-order valence-corrected chi connectivity index (χ1v) is 4.17. The highest BCUT2D eigenvalue weighted by Gasteiger charge is 2.82. The minimum Gasteiger partial charge on any atom is -0.382 e. The Kier molecular flexibility index (Phi) is 5.92. The molecule has 0 aliphatic rings. The van der Waals surface area contributed by atoms with Crippen LogP contribution in [-0.4, -0.2) is 35.4 Å². The predicted octanol–water partition coefficient (Wildman–Crippen LogP) is 0.218. The van der Waals surface area contributed by atoms with E-state index in [9.17, 15) is 35.1 Å². The predicted molar refractivity (Wildman–Crippen MR) is 52.0 cm³/mol. The summed E-state index contributed by atoms with van der Waals surface area (Å²) in [7, 11) is 0. The molecule has 0 fully saturated rings. The van der Waals surface area contributed by atoms with Crippen LogP contribution in [-0.2, 0) is 0 Å². The van der Waals surface area contributed by atoms with E-state index in [1.807, 2.05) is 0 Å². The molecule has 10 N–H and O–H groups in total. The number of amidine groups is 2. The van der Waals surface area contributed by atoms with Gasteiger partial charge in [0.05, 0.1) is 0 Å². The number of nitrogens with one attached hydrogen (secondary N) is 2. The van der Waals surface area contributed by atoms with Crippen molar-refractivity contribution in [1.82, 2.24) is 0 Å². The number of halogens is 8. The second-order valence-electron chi connectivity index (χ2n) is 3.12. The van der Waals surface area contributed by atoms with Crippen LogP contribution < -0.4 is 23.2 Å². The van der Waals surface area contributed by atoms with Crippen LogP contribution in [0.1, 0.15) is 0 Å². The number of alkyl halides is 8. The van der Waals surface area contributed by atoms with E-state index < -0.39 is 35.4 Å². The van der Waals surface area contributed by atoms with Gasteiger partial charge in [-0.3, -0.25) is 22.5 Å². The van der Waals surface area contributed by atoms with Crippen LogP contribution in [0, 0.1) is 10.8 Å². The molecular formula is C6H10F8N6. The van der Waals surface area contributed by atoms with Gasteiger partial charge < -0.3 is 11.5 Å². The second kappa shape index (κ2) is 5.74. The summed E-state index contributed by atoms with van der Waals surface area (Å²) in [5.74, 6) is -22.9. The molecule has 0 aromatic carbocycles. The van der Waals surface area contributed by atoms with Crippen LogP contribution in [0.3, 0.4) is 0 Å². The van der Waals surface area contributed by atoms with Crippen LogP contribution in [0.15, 0.2) is 0 Å². The Morgan fingerprint density at radius 2 is 0.750 bits per heavy atom. The Morgan fingerprint density at radius 1 is 0.600 bits per heavy atom. The Hall–Kier alpha value is -1.70. The molecule has 0 aliphatic heterocycles. The van der Waals surface area contributed by atoms with Gasteiger partial charge in [0, 0.05) is 0 Å². The molecule has 0 aliphatic carbocycles. The van der Waals surface area contributed by atoms with E-state index in [-0.39, 0.29) is 0 Å². The molecular weight excluding hydrogens is 308 g/mol. The van der Waals surface area contributed by atoms with E-state index >= 15 is 0 Å². The smallest absolute Gasteiger partial charge is 0.382 e. The van der Waals surface area contributed by atoms with Crippen molar-refractivity contribution < 1.29 is 35.1 Å². The van der Waals surface area contributed by atoms with Crippen LogP contribution >= 0.6 is 0 Å². The zero-order valence-corrected chi connectivity index (χ0v) is 9.33. The molecule has 0 bridgehead atoms. The highest BCUT2D eigenvalue weighted by atomic mass is 19.4. The lowest BCUT2D eigenvalue weighted by Crippen LogP contribution is -2.68. The van der Waals surface area contributed by atoms with E-state index in [4.69, 9.17) is 10.8 Å². The Bertz CT molecular complexity index is 344. The van der Waals surface area contributed by atoms with Gasteiger partial charge in [0.25, 0.3) is 0 Å². The fourth-order valence-electron chi connectivity index (χ4n) is 0.733. The van der Waals surface area contributed by atoms with E-state index in [1.54, 1.807) is 0 Å². The molecule has 0 spiro atoms. The summed E-state index contributed by atoms with van der Waals surface area (Å²) in [4.78, 5) is 0. The molecule has 0 aromatic heterocycles. The Morgan fingerprint density at radius 3 is 0.850 bits per heavy atom. The SMILES string of the molecule is N=C(N)C(F)(F)C(F)(F)C(F)(F)C(F)(F)C(=N)N.NN. The molecule has 0 saturated carbocycles. The zero-order chi connectivity index (χ0) is 17.2. The number of hydrogen-bond acceptors (Lipinski definition) is 4. The van der Waals surface area contributed by atoms with Crippen LogP contribution in [0.2, 0.25) is 0 Å². The van der Waals surface area contributed by atoms with E-state index in [0.717, 1.165) is 0 Å². The summed E-state index contributed by atoms with van der Waals surface area (Å²) in [6, 6.07) is 0. The lowest BCUT2D eigenvalue weighted by Gasteiger charge is -2.35. The molecule has 0 heterocycles. The fourth-order valence-corrected chi connectivity index (χ4v) is 0.733. The van der Waals surface area contributed by atoms with Crippen molar-refractivity contribution in [2.45, 2.75) is 23.7 Å². The standard InChI is InChI=1S/C6H6F8N4.H4N2/c7-3(8,1(15)16)5(11,12)6(13,14)4(9,10)2(17)18;1-2/h(H3,15,16)(H3,17,18);1-2H2. The highest BCUT2D eigenvalue weighted by molar-refractivity contribution is 5.88. The monoisotopic (exact) mass is 318 g/mol. The molecule has 0 atom stereocenters. The first kappa shape index (κ1) is 20.6. The minimum atomic E-state index is -6.71. The van der Waals surface area contributed by atoms with E-state index in [2.05, 4.69) is 23.2 Å². The molecule has 20 heavy (non-hydrogen) atoms. The summed E-state index contributed by atoms with van der Waals surface area (Å²) in [6.07, 6.45) is 0. The van der Waals surface area contributed by atoms with Gasteiger partial charge in [-0.2, -0.15) is 35.1 Å². The highest BCUT2D eigenvalue weighted by Crippen LogP contribution is 2.52. The van der Waals surface area contributed by atoms with Crippen LogP contribution in [0.4, 0.5) is 35.1 Å². The Labute approximate surface area is 106 Å². The summed E-state index contributed by atoms with van der Waals surface area (Å²) >= 11 is 0. The van der Waals surface area contributed by atoms with Crippen molar-refractivity contribution in [3.8, 4) is 0 Å². The fraction of sp³-hybridized carbons (Fsp3) is 0.667. The van der Waals surface area contributed by atoms with Gasteiger partial charge in [-0.05, 0) is 0 Å². The number of hydrogen-bond donors (Lipinski definition) is 6. The maximum absolute atomic E-state index is 12.7. The number of hydrazine groups is 1. The quantitative estimate of drug-likeness (QED) is 0.141. The van der Waals surface area contributed by atoms with Gasteiger partial charge >= 0.3 is 23.7 Å². The summed E-state index contributed by atoms with van der Waals surface area (Å²) < 4.78 is 101. The van der Waals surface area contributed by atoms with Crippen molar-refractivity contribution in [2.24, 2.45) is 23.2 Å². The van der Waals surface area contributed by atoms with Gasteiger partial charge in [-0.1, -0.05) is 0 Å². The summed E-state index contributed by atoms with van der Waals surface area (Å²) in [5.41, 5.74) is 7.93. The lowest BCUT2D eigenvalue weighted by atomic mass is 9.97. The molecule has 0 aromatic rings. The molecule has 6 nitrogen and oxygen atoms in total. The molecule has 0 radical (unpaired) electrons. The zero-order valence-electron chi connectivity index (χ0n) is 9.33. The lowest BCUT2D eigenvalue weighted by molar-refractivity contribution is -0.334. The van der Waals surface area contributed by atoms with E-state index in [1.165, 1.54) is 0 Å². The van der Waals surface area contributed by atoms with Crippen molar-refractivity contribution >= 4 is 11.7 Å². The maximum Gasteiger partial charge on any atom is 0.386 e. The average Bonchev–Trinajstić information content (AvgIpc) is 2.30. The molecule has 14 heteroatoms. The van der Waals surface area contributed by atoms with Gasteiger partial charge in [0.15, 0.2) is 11.7 Å². The van der Waals surface area contributed by atoms with E-state index in [0.29, 0.717) is 0 Å². The molecule has 120 valence electrons. The van der Waals surface area contributed by atoms with Crippen molar-refractivity contribution in [3.05, 3.63) is 0 Å². The third-order valence-corrected chi connectivity index (χ3v) is 1.86. The summed E-state index contributed by atoms with van der Waals surface area (Å²) in [5, 5.41) is 12.1. The molecule has 0 amide bonds. The maximum atomic E-state index is 12.7. The summed E-state index contributed by atoms with van der Waals surface area (Å²) in [6.45, 7) is 0. The minimum absolute atomic E-state index is 2.73. The molecule has 0 rings (SSSR count). The largest absolute Gasteiger partial charge is 0.386 e. The third kappa shape index (κ3) is 2.74. The van der Waals surface area contributed by atoms with Gasteiger partial charge in [0.2, 0.25) is 0 Å². The number of nitrogens with two attached hydrogens (primary N) is 4. The Balaban J connectivity index is 0. The third-order valence-electron chi connectivity index (χ3n) is 1.86. The first-order valence-electron chi connectivity index (χ1n) is 4.17. The first-order chi connectivity index (χ1) is 8.64.